The van der Waals surface area contributed by atoms with Crippen LogP contribution in [-0.2, 0) is 0 Å². The van der Waals surface area contributed by atoms with E-state index in [2.05, 4.69) is 15.3 Å². The molecule has 1 unspecified atom stereocenters. The first-order chi connectivity index (χ1) is 7.81. The lowest BCUT2D eigenvalue weighted by Gasteiger charge is -2.08. The van der Waals surface area contributed by atoms with Crippen LogP contribution in [0.25, 0.3) is 11.0 Å². The van der Waals surface area contributed by atoms with E-state index in [0.717, 1.165) is 29.2 Å². The van der Waals surface area contributed by atoms with Crippen molar-refractivity contribution in [1.29, 1.82) is 0 Å². The quantitative estimate of drug-likeness (QED) is 0.843. The van der Waals surface area contributed by atoms with E-state index in [9.17, 15) is 4.39 Å². The molecule has 1 aromatic heterocycles. The Labute approximate surface area is 96.8 Å². The molecule has 1 fully saturated rings. The number of imidazole rings is 1. The van der Waals surface area contributed by atoms with Crippen LogP contribution >= 0.6 is 11.8 Å². The number of aromatic amines is 1. The molecule has 16 heavy (non-hydrogen) atoms. The number of anilines is 1. The predicted molar refractivity (Wildman–Crippen MR) is 65.4 cm³/mol. The van der Waals surface area contributed by atoms with Crippen molar-refractivity contribution in [2.24, 2.45) is 0 Å². The van der Waals surface area contributed by atoms with Gasteiger partial charge in [-0.2, -0.15) is 11.8 Å². The van der Waals surface area contributed by atoms with Crippen LogP contribution in [0.4, 0.5) is 10.3 Å². The van der Waals surface area contributed by atoms with E-state index < -0.39 is 0 Å². The van der Waals surface area contributed by atoms with E-state index in [0.29, 0.717) is 6.04 Å². The minimum absolute atomic E-state index is 0.237. The van der Waals surface area contributed by atoms with Crippen LogP contribution in [0.5, 0.6) is 0 Å². The first-order valence-electron chi connectivity index (χ1n) is 5.31. The summed E-state index contributed by atoms with van der Waals surface area (Å²) < 4.78 is 13.0. The van der Waals surface area contributed by atoms with E-state index in [1.807, 2.05) is 11.8 Å². The molecular weight excluding hydrogens is 225 g/mol. The maximum Gasteiger partial charge on any atom is 0.201 e. The van der Waals surface area contributed by atoms with Crippen LogP contribution in [0.3, 0.4) is 0 Å². The highest BCUT2D eigenvalue weighted by molar-refractivity contribution is 7.99. The van der Waals surface area contributed by atoms with Gasteiger partial charge in [0, 0.05) is 11.8 Å². The third-order valence-electron chi connectivity index (χ3n) is 2.71. The van der Waals surface area contributed by atoms with Crippen LogP contribution in [0.2, 0.25) is 0 Å². The van der Waals surface area contributed by atoms with Gasteiger partial charge in [-0.05, 0) is 30.4 Å². The van der Waals surface area contributed by atoms with Gasteiger partial charge in [-0.25, -0.2) is 9.37 Å². The third-order valence-corrected chi connectivity index (χ3v) is 3.88. The molecule has 1 aromatic carbocycles. The second-order valence-electron chi connectivity index (χ2n) is 3.95. The summed E-state index contributed by atoms with van der Waals surface area (Å²) in [7, 11) is 0. The first-order valence-corrected chi connectivity index (χ1v) is 6.46. The summed E-state index contributed by atoms with van der Waals surface area (Å²) in [5, 5.41) is 3.34. The Morgan fingerprint density at radius 1 is 1.50 bits per heavy atom. The Morgan fingerprint density at radius 3 is 3.25 bits per heavy atom. The molecular formula is C11H12FN3S. The Kier molecular flexibility index (Phi) is 2.47. The number of nitrogens with zero attached hydrogens (tertiary/aromatic N) is 1. The number of aromatic nitrogens is 2. The molecule has 1 saturated heterocycles. The molecule has 0 spiro atoms. The van der Waals surface area contributed by atoms with Crippen molar-refractivity contribution in [2.45, 2.75) is 12.5 Å². The molecule has 1 aliphatic rings. The summed E-state index contributed by atoms with van der Waals surface area (Å²) >= 11 is 1.95. The van der Waals surface area contributed by atoms with E-state index in [1.54, 1.807) is 6.07 Å². The third kappa shape index (κ3) is 1.87. The fourth-order valence-corrected chi connectivity index (χ4v) is 3.04. The van der Waals surface area contributed by atoms with Crippen molar-refractivity contribution in [3.8, 4) is 0 Å². The number of thioether (sulfide) groups is 1. The summed E-state index contributed by atoms with van der Waals surface area (Å²) in [5.41, 5.74) is 1.54. The Morgan fingerprint density at radius 2 is 2.44 bits per heavy atom. The van der Waals surface area contributed by atoms with E-state index in [-0.39, 0.29) is 5.82 Å². The maximum absolute atomic E-state index is 13.0. The number of nitrogens with one attached hydrogen (secondary N) is 2. The van der Waals surface area contributed by atoms with Crippen molar-refractivity contribution < 1.29 is 4.39 Å². The van der Waals surface area contributed by atoms with Gasteiger partial charge in [0.05, 0.1) is 11.0 Å². The first kappa shape index (κ1) is 9.96. The number of hydrogen-bond donors (Lipinski definition) is 2. The normalized spacial score (nSPS) is 20.4. The predicted octanol–water partition coefficient (Wildman–Crippen LogP) is 2.62. The van der Waals surface area contributed by atoms with Gasteiger partial charge in [0.15, 0.2) is 0 Å². The van der Waals surface area contributed by atoms with Gasteiger partial charge in [-0.3, -0.25) is 0 Å². The number of fused-ring (bicyclic) bond motifs is 1. The molecule has 0 saturated carbocycles. The molecule has 2 N–H and O–H groups in total. The van der Waals surface area contributed by atoms with E-state index >= 15 is 0 Å². The molecule has 2 heterocycles. The standard InChI is InChI=1S/C11H12FN3S/c12-7-1-2-9-10(5-7)15-11(14-9)13-8-3-4-16-6-8/h1-2,5,8H,3-4,6H2,(H2,13,14,15). The summed E-state index contributed by atoms with van der Waals surface area (Å²) in [6, 6.07) is 5.07. The van der Waals surface area contributed by atoms with Gasteiger partial charge in [0.1, 0.15) is 5.82 Å². The van der Waals surface area contributed by atoms with Gasteiger partial charge in [-0.15, -0.1) is 0 Å². The number of hydrogen-bond acceptors (Lipinski definition) is 3. The average molecular weight is 237 g/mol. The van der Waals surface area contributed by atoms with E-state index in [4.69, 9.17) is 0 Å². The van der Waals surface area contributed by atoms with Gasteiger partial charge < -0.3 is 10.3 Å². The monoisotopic (exact) mass is 237 g/mol. The van der Waals surface area contributed by atoms with Crippen molar-refractivity contribution in [1.82, 2.24) is 9.97 Å². The molecule has 3 nitrogen and oxygen atoms in total. The molecule has 2 aromatic rings. The molecule has 0 aliphatic carbocycles. The largest absolute Gasteiger partial charge is 0.352 e. The van der Waals surface area contributed by atoms with Crippen molar-refractivity contribution >= 4 is 28.7 Å². The average Bonchev–Trinajstić information content (AvgIpc) is 2.86. The van der Waals surface area contributed by atoms with Crippen LogP contribution in [0.1, 0.15) is 6.42 Å². The van der Waals surface area contributed by atoms with Gasteiger partial charge in [0.25, 0.3) is 0 Å². The lowest BCUT2D eigenvalue weighted by atomic mass is 10.3. The fraction of sp³-hybridized carbons (Fsp3) is 0.364. The van der Waals surface area contributed by atoms with Crippen molar-refractivity contribution in [2.75, 3.05) is 16.8 Å². The number of halogens is 1. The minimum atomic E-state index is -0.237. The second kappa shape index (κ2) is 3.97. The lowest BCUT2D eigenvalue weighted by Crippen LogP contribution is -2.18. The highest BCUT2D eigenvalue weighted by Gasteiger charge is 2.16. The molecule has 1 aliphatic heterocycles. The summed E-state index contributed by atoms with van der Waals surface area (Å²) in [6.45, 7) is 0. The number of H-pyrrole nitrogens is 1. The zero-order valence-electron chi connectivity index (χ0n) is 8.66. The second-order valence-corrected chi connectivity index (χ2v) is 5.10. The SMILES string of the molecule is Fc1ccc2nc(NC3CCSC3)[nH]c2c1. The lowest BCUT2D eigenvalue weighted by molar-refractivity contribution is 0.629. The number of benzene rings is 1. The van der Waals surface area contributed by atoms with Crippen LogP contribution in [0.15, 0.2) is 18.2 Å². The molecule has 84 valence electrons. The van der Waals surface area contributed by atoms with Gasteiger partial charge in [-0.1, -0.05) is 0 Å². The topological polar surface area (TPSA) is 40.7 Å². The Hall–Kier alpha value is -1.23. The minimum Gasteiger partial charge on any atom is -0.352 e. The van der Waals surface area contributed by atoms with Crippen LogP contribution in [-0.4, -0.2) is 27.5 Å². The Balaban J connectivity index is 1.86. The van der Waals surface area contributed by atoms with Crippen molar-refractivity contribution in [3.05, 3.63) is 24.0 Å². The van der Waals surface area contributed by atoms with Crippen LogP contribution < -0.4 is 5.32 Å². The molecule has 0 amide bonds. The van der Waals surface area contributed by atoms with Crippen LogP contribution in [0, 0.1) is 5.82 Å². The summed E-state index contributed by atoms with van der Waals surface area (Å²) in [5.74, 6) is 2.82. The van der Waals surface area contributed by atoms with Gasteiger partial charge in [0.2, 0.25) is 5.95 Å². The van der Waals surface area contributed by atoms with Gasteiger partial charge >= 0.3 is 0 Å². The van der Waals surface area contributed by atoms with Crippen molar-refractivity contribution in [3.63, 3.8) is 0 Å². The smallest absolute Gasteiger partial charge is 0.201 e. The zero-order valence-corrected chi connectivity index (χ0v) is 9.48. The Bertz CT molecular complexity index is 505. The summed E-state index contributed by atoms with van der Waals surface area (Å²) in [6.07, 6.45) is 1.16. The summed E-state index contributed by atoms with van der Waals surface area (Å²) in [4.78, 5) is 7.47. The zero-order chi connectivity index (χ0) is 11.0. The molecule has 0 bridgehead atoms. The van der Waals surface area contributed by atoms with E-state index in [1.165, 1.54) is 17.9 Å². The molecule has 3 rings (SSSR count). The maximum atomic E-state index is 13.0. The molecule has 0 radical (unpaired) electrons. The highest BCUT2D eigenvalue weighted by atomic mass is 32.2. The highest BCUT2D eigenvalue weighted by Crippen LogP contribution is 2.21. The number of rotatable bonds is 2. The molecule has 1 atom stereocenters. The fourth-order valence-electron chi connectivity index (χ4n) is 1.89. The molecule has 5 heteroatoms.